The largest absolute Gasteiger partial charge is 0.479 e. The van der Waals surface area contributed by atoms with Crippen molar-refractivity contribution < 1.29 is 19.4 Å². The minimum Gasteiger partial charge on any atom is -0.479 e. The maximum absolute atomic E-state index is 13.2. The molecule has 1 saturated carbocycles. The highest BCUT2D eigenvalue weighted by Gasteiger charge is 2.46. The van der Waals surface area contributed by atoms with Crippen molar-refractivity contribution in [3.63, 3.8) is 0 Å². The zero-order valence-electron chi connectivity index (χ0n) is 12.8. The molecule has 1 amide bonds. The Kier molecular flexibility index (Phi) is 4.60. The molecule has 124 valence electrons. The first-order valence-electron chi connectivity index (χ1n) is 7.93. The van der Waals surface area contributed by atoms with Gasteiger partial charge >= 0.3 is 5.97 Å². The number of morpholine rings is 1. The number of carbonyl (C=O) groups excluding carboxylic acids is 1. The van der Waals surface area contributed by atoms with Crippen molar-refractivity contribution in [2.75, 3.05) is 19.7 Å². The van der Waals surface area contributed by atoms with Crippen LogP contribution in [-0.4, -0.2) is 47.7 Å². The molecule has 1 saturated heterocycles. The fourth-order valence-electron chi connectivity index (χ4n) is 3.68. The van der Waals surface area contributed by atoms with E-state index in [2.05, 4.69) is 0 Å². The van der Waals surface area contributed by atoms with Gasteiger partial charge in [0, 0.05) is 11.6 Å². The van der Waals surface area contributed by atoms with Crippen molar-refractivity contribution in [3.8, 4) is 0 Å². The highest BCUT2D eigenvalue weighted by Crippen LogP contribution is 2.43. The van der Waals surface area contributed by atoms with Crippen molar-refractivity contribution in [2.45, 2.75) is 37.2 Å². The normalized spacial score (nSPS) is 23.7. The Morgan fingerprint density at radius 2 is 2.04 bits per heavy atom. The van der Waals surface area contributed by atoms with Gasteiger partial charge < -0.3 is 14.7 Å². The number of benzene rings is 1. The van der Waals surface area contributed by atoms with Crippen molar-refractivity contribution >= 4 is 23.5 Å². The molecule has 0 bridgehead atoms. The maximum atomic E-state index is 13.2. The van der Waals surface area contributed by atoms with Crippen LogP contribution < -0.4 is 0 Å². The van der Waals surface area contributed by atoms with Gasteiger partial charge in [-0.1, -0.05) is 36.6 Å². The van der Waals surface area contributed by atoms with E-state index in [-0.39, 0.29) is 19.1 Å². The van der Waals surface area contributed by atoms with E-state index >= 15 is 0 Å². The smallest absolute Gasteiger partial charge is 0.334 e. The molecule has 0 aromatic heterocycles. The summed E-state index contributed by atoms with van der Waals surface area (Å²) in [5, 5.41) is 9.76. The summed E-state index contributed by atoms with van der Waals surface area (Å²) in [6.45, 7) is 0.801. The molecule has 2 fully saturated rings. The first-order valence-corrected chi connectivity index (χ1v) is 8.30. The average molecular weight is 338 g/mol. The lowest BCUT2D eigenvalue weighted by Gasteiger charge is -2.38. The van der Waals surface area contributed by atoms with Crippen LogP contribution in [0.15, 0.2) is 24.3 Å². The second kappa shape index (κ2) is 6.49. The fourth-order valence-corrected chi connectivity index (χ4v) is 3.87. The van der Waals surface area contributed by atoms with E-state index < -0.39 is 17.5 Å². The molecule has 1 heterocycles. The van der Waals surface area contributed by atoms with Gasteiger partial charge in [0.15, 0.2) is 6.10 Å². The van der Waals surface area contributed by atoms with E-state index in [1.165, 1.54) is 0 Å². The Hall–Kier alpha value is -1.59. The Labute approximate surface area is 140 Å². The first-order chi connectivity index (χ1) is 11.0. The lowest BCUT2D eigenvalue weighted by Crippen LogP contribution is -2.54. The maximum Gasteiger partial charge on any atom is 0.334 e. The monoisotopic (exact) mass is 337 g/mol. The van der Waals surface area contributed by atoms with Crippen molar-refractivity contribution in [1.29, 1.82) is 0 Å². The summed E-state index contributed by atoms with van der Waals surface area (Å²) in [5.74, 6) is -1.02. The third-order valence-corrected chi connectivity index (χ3v) is 5.11. The van der Waals surface area contributed by atoms with Crippen LogP contribution in [0, 0.1) is 0 Å². The topological polar surface area (TPSA) is 66.8 Å². The summed E-state index contributed by atoms with van der Waals surface area (Å²) in [5.41, 5.74) is 0.358. The number of ether oxygens (including phenoxy) is 1. The predicted molar refractivity (Wildman–Crippen MR) is 85.6 cm³/mol. The summed E-state index contributed by atoms with van der Waals surface area (Å²) >= 11 is 6.12. The summed E-state index contributed by atoms with van der Waals surface area (Å²) < 4.78 is 5.23. The molecule has 1 aromatic carbocycles. The van der Waals surface area contributed by atoms with Crippen molar-refractivity contribution in [2.24, 2.45) is 0 Å². The van der Waals surface area contributed by atoms with E-state index in [0.29, 0.717) is 11.6 Å². The number of halogens is 1. The predicted octanol–water partition coefficient (Wildman–Crippen LogP) is 2.46. The van der Waals surface area contributed by atoms with Crippen LogP contribution in [0.1, 0.15) is 31.2 Å². The van der Waals surface area contributed by atoms with E-state index in [9.17, 15) is 9.59 Å². The Bertz CT molecular complexity index is 612. The van der Waals surface area contributed by atoms with Crippen molar-refractivity contribution in [1.82, 2.24) is 4.90 Å². The zero-order chi connectivity index (χ0) is 16.4. The van der Waals surface area contributed by atoms with Gasteiger partial charge in [-0.15, -0.1) is 0 Å². The van der Waals surface area contributed by atoms with Gasteiger partial charge in [-0.3, -0.25) is 4.79 Å². The fraction of sp³-hybridized carbons (Fsp3) is 0.529. The Morgan fingerprint density at radius 1 is 1.30 bits per heavy atom. The van der Waals surface area contributed by atoms with Crippen LogP contribution in [0.5, 0.6) is 0 Å². The van der Waals surface area contributed by atoms with Crippen LogP contribution in [0.3, 0.4) is 0 Å². The number of hydrogen-bond acceptors (Lipinski definition) is 3. The summed E-state index contributed by atoms with van der Waals surface area (Å²) in [6, 6.07) is 7.47. The van der Waals surface area contributed by atoms with Gasteiger partial charge in [0.25, 0.3) is 0 Å². The van der Waals surface area contributed by atoms with Gasteiger partial charge in [0.2, 0.25) is 5.91 Å². The molecule has 2 aliphatic rings. The minimum atomic E-state index is -1.02. The number of rotatable bonds is 3. The lowest BCUT2D eigenvalue weighted by atomic mass is 9.77. The molecule has 23 heavy (non-hydrogen) atoms. The molecular weight excluding hydrogens is 318 g/mol. The van der Waals surface area contributed by atoms with E-state index in [4.69, 9.17) is 21.4 Å². The molecular formula is C17H20ClNO4. The average Bonchev–Trinajstić information content (AvgIpc) is 3.05. The van der Waals surface area contributed by atoms with Crippen LogP contribution in [0.2, 0.25) is 5.02 Å². The van der Waals surface area contributed by atoms with E-state index in [1.54, 1.807) is 11.0 Å². The molecule has 6 heteroatoms. The molecule has 3 rings (SSSR count). The molecule has 5 nitrogen and oxygen atoms in total. The van der Waals surface area contributed by atoms with Gasteiger partial charge in [-0.05, 0) is 30.5 Å². The molecule has 1 unspecified atom stereocenters. The SMILES string of the molecule is O=C(O)C1CN(C(=O)C2(c3cccc(Cl)c3)CCCC2)CCO1. The third-order valence-electron chi connectivity index (χ3n) is 4.87. The van der Waals surface area contributed by atoms with Gasteiger partial charge in [-0.25, -0.2) is 4.79 Å². The first kappa shape index (κ1) is 16.3. The standard InChI is InChI=1S/C17H20ClNO4/c18-13-5-3-4-12(10-13)17(6-1-2-7-17)16(22)19-8-9-23-14(11-19)15(20)21/h3-5,10,14H,1-2,6-9,11H2,(H,20,21). The Morgan fingerprint density at radius 3 is 2.70 bits per heavy atom. The molecule has 1 N–H and O–H groups in total. The number of amides is 1. The van der Waals surface area contributed by atoms with Gasteiger partial charge in [0.1, 0.15) is 0 Å². The quantitative estimate of drug-likeness (QED) is 0.920. The van der Waals surface area contributed by atoms with Gasteiger partial charge in [0.05, 0.1) is 18.6 Å². The Balaban J connectivity index is 1.89. The number of carboxylic acid groups (broad SMARTS) is 1. The van der Waals surface area contributed by atoms with Crippen molar-refractivity contribution in [3.05, 3.63) is 34.9 Å². The summed E-state index contributed by atoms with van der Waals surface area (Å²) in [7, 11) is 0. The molecule has 1 aromatic rings. The zero-order valence-corrected chi connectivity index (χ0v) is 13.6. The summed E-state index contributed by atoms with van der Waals surface area (Å²) in [4.78, 5) is 26.0. The van der Waals surface area contributed by atoms with Crippen LogP contribution in [-0.2, 0) is 19.7 Å². The number of carboxylic acids is 1. The van der Waals surface area contributed by atoms with Crippen LogP contribution in [0.4, 0.5) is 0 Å². The number of carbonyl (C=O) groups is 2. The van der Waals surface area contributed by atoms with Crippen LogP contribution in [0.25, 0.3) is 0 Å². The number of aliphatic carboxylic acids is 1. The van der Waals surface area contributed by atoms with Crippen LogP contribution >= 0.6 is 11.6 Å². The third kappa shape index (κ3) is 3.08. The number of nitrogens with zero attached hydrogens (tertiary/aromatic N) is 1. The molecule has 0 radical (unpaired) electrons. The summed E-state index contributed by atoms with van der Waals surface area (Å²) in [6.07, 6.45) is 2.60. The van der Waals surface area contributed by atoms with E-state index in [0.717, 1.165) is 31.2 Å². The molecule has 1 atom stereocenters. The molecule has 1 aliphatic carbocycles. The molecule has 0 spiro atoms. The lowest BCUT2D eigenvalue weighted by molar-refractivity contribution is -0.161. The second-order valence-electron chi connectivity index (χ2n) is 6.25. The number of hydrogen-bond donors (Lipinski definition) is 1. The van der Waals surface area contributed by atoms with E-state index in [1.807, 2.05) is 18.2 Å². The highest BCUT2D eigenvalue weighted by molar-refractivity contribution is 6.30. The molecule has 1 aliphatic heterocycles. The second-order valence-corrected chi connectivity index (χ2v) is 6.68. The minimum absolute atomic E-state index is 0.00631. The van der Waals surface area contributed by atoms with Gasteiger partial charge in [-0.2, -0.15) is 0 Å². The highest BCUT2D eigenvalue weighted by atomic mass is 35.5.